The molecule has 1 aliphatic heterocycles. The van der Waals surface area contributed by atoms with Crippen LogP contribution in [0.25, 0.3) is 0 Å². The minimum absolute atomic E-state index is 0.237. The van der Waals surface area contributed by atoms with Gasteiger partial charge >= 0.3 is 0 Å². The Hall–Kier alpha value is -4.85. The number of ether oxygens (including phenoxy) is 3. The van der Waals surface area contributed by atoms with Crippen molar-refractivity contribution in [2.24, 2.45) is 0 Å². The number of amides is 2. The number of benzene rings is 4. The molecule has 1 heterocycles. The minimum atomic E-state index is -0.945. The van der Waals surface area contributed by atoms with Crippen molar-refractivity contribution in [3.63, 3.8) is 0 Å². The fraction of sp³-hybridized carbons (Fsp3) is 0.161. The van der Waals surface area contributed by atoms with Crippen molar-refractivity contribution in [2.75, 3.05) is 26.6 Å². The number of carbonyl (C=O) groups excluding carboxylic acids is 2. The predicted octanol–water partition coefficient (Wildman–Crippen LogP) is 6.18. The Morgan fingerprint density at radius 3 is 2.10 bits per heavy atom. The molecule has 0 aliphatic carbocycles. The lowest BCUT2D eigenvalue weighted by Crippen LogP contribution is -2.44. The Kier molecular flexibility index (Phi) is 7.19. The zero-order valence-electron chi connectivity index (χ0n) is 21.7. The van der Waals surface area contributed by atoms with Gasteiger partial charge in [0, 0.05) is 23.9 Å². The van der Waals surface area contributed by atoms with Gasteiger partial charge in [-0.15, -0.1) is 0 Å². The van der Waals surface area contributed by atoms with Crippen molar-refractivity contribution >= 4 is 17.5 Å². The van der Waals surface area contributed by atoms with Gasteiger partial charge in [-0.25, -0.2) is 4.39 Å². The summed E-state index contributed by atoms with van der Waals surface area (Å²) in [6.07, 6.45) is 0. The van der Waals surface area contributed by atoms with E-state index in [4.69, 9.17) is 14.2 Å². The van der Waals surface area contributed by atoms with E-state index >= 15 is 4.39 Å². The highest BCUT2D eigenvalue weighted by molar-refractivity contribution is 6.05. The second kappa shape index (κ2) is 10.9. The summed E-state index contributed by atoms with van der Waals surface area (Å²) < 4.78 is 31.8. The molecule has 1 N–H and O–H groups in total. The average Bonchev–Trinajstić information content (AvgIpc) is 2.96. The maximum absolute atomic E-state index is 15.1. The first kappa shape index (κ1) is 25.8. The number of hydrogen-bond donors (Lipinski definition) is 1. The zero-order valence-corrected chi connectivity index (χ0v) is 21.7. The average molecular weight is 527 g/mol. The lowest BCUT2D eigenvalue weighted by Gasteiger charge is -2.40. The molecule has 0 aromatic heterocycles. The van der Waals surface area contributed by atoms with Crippen molar-refractivity contribution in [1.29, 1.82) is 0 Å². The Morgan fingerprint density at radius 1 is 0.821 bits per heavy atom. The SMILES string of the molecule is COc1cc2c(cc1OC)[C@@H](C(=O)Nc1ccc(Oc3ccccc3)cc1)[C@H](c1ccccc1F)N(C)C2=O. The smallest absolute Gasteiger partial charge is 0.254 e. The third-order valence-corrected chi connectivity index (χ3v) is 6.78. The maximum Gasteiger partial charge on any atom is 0.254 e. The van der Waals surface area contributed by atoms with Crippen LogP contribution in [0, 0.1) is 5.82 Å². The van der Waals surface area contributed by atoms with Crippen LogP contribution in [0.15, 0.2) is 91.0 Å². The summed E-state index contributed by atoms with van der Waals surface area (Å²) in [5, 5.41) is 2.94. The second-order valence-electron chi connectivity index (χ2n) is 9.08. The van der Waals surface area contributed by atoms with Crippen LogP contribution in [0.4, 0.5) is 10.1 Å². The van der Waals surface area contributed by atoms with E-state index in [9.17, 15) is 9.59 Å². The van der Waals surface area contributed by atoms with Gasteiger partial charge in [-0.2, -0.15) is 0 Å². The number of anilines is 1. The van der Waals surface area contributed by atoms with Crippen LogP contribution in [0.2, 0.25) is 0 Å². The van der Waals surface area contributed by atoms with Gasteiger partial charge in [-0.1, -0.05) is 36.4 Å². The van der Waals surface area contributed by atoms with Gasteiger partial charge in [0.1, 0.15) is 17.3 Å². The standard InChI is InChI=1S/C31H27FN2O5/c1-34-29(22-11-7-8-12-25(22)32)28(23-17-26(37-2)27(38-3)18-24(23)31(34)36)30(35)33-19-13-15-21(16-14-19)39-20-9-5-4-6-10-20/h4-18,28-29H,1-3H3,(H,33,35)/t28-,29+/m1/s1. The highest BCUT2D eigenvalue weighted by Crippen LogP contribution is 2.46. The molecule has 1 aliphatic rings. The summed E-state index contributed by atoms with van der Waals surface area (Å²) in [6, 6.07) is 24.7. The molecule has 0 fully saturated rings. The first-order chi connectivity index (χ1) is 18.9. The molecule has 198 valence electrons. The van der Waals surface area contributed by atoms with Gasteiger partial charge in [0.25, 0.3) is 5.91 Å². The summed E-state index contributed by atoms with van der Waals surface area (Å²) in [6.45, 7) is 0. The van der Waals surface area contributed by atoms with Gasteiger partial charge in [-0.05, 0) is 60.2 Å². The predicted molar refractivity (Wildman–Crippen MR) is 145 cm³/mol. The fourth-order valence-corrected chi connectivity index (χ4v) is 4.89. The summed E-state index contributed by atoms with van der Waals surface area (Å²) >= 11 is 0. The molecule has 0 bridgehead atoms. The number of nitrogens with zero attached hydrogens (tertiary/aromatic N) is 1. The Bertz CT molecular complexity index is 1510. The van der Waals surface area contributed by atoms with E-state index in [1.165, 1.54) is 25.2 Å². The Balaban J connectivity index is 1.53. The molecule has 0 unspecified atom stereocenters. The molecule has 7 nitrogen and oxygen atoms in total. The minimum Gasteiger partial charge on any atom is -0.493 e. The van der Waals surface area contributed by atoms with Crippen LogP contribution in [-0.4, -0.2) is 38.0 Å². The van der Waals surface area contributed by atoms with E-state index in [0.717, 1.165) is 0 Å². The van der Waals surface area contributed by atoms with E-state index in [1.54, 1.807) is 61.6 Å². The number of hydrogen-bond acceptors (Lipinski definition) is 5. The van der Waals surface area contributed by atoms with Gasteiger partial charge in [0.05, 0.1) is 26.2 Å². The van der Waals surface area contributed by atoms with E-state index in [2.05, 4.69) is 5.32 Å². The Morgan fingerprint density at radius 2 is 1.44 bits per heavy atom. The molecular weight excluding hydrogens is 499 g/mol. The third kappa shape index (κ3) is 5.01. The number of fused-ring (bicyclic) bond motifs is 1. The third-order valence-electron chi connectivity index (χ3n) is 6.78. The lowest BCUT2D eigenvalue weighted by atomic mass is 9.79. The molecule has 8 heteroatoms. The molecule has 0 spiro atoms. The highest BCUT2D eigenvalue weighted by atomic mass is 19.1. The molecule has 39 heavy (non-hydrogen) atoms. The van der Waals surface area contributed by atoms with Crippen LogP contribution in [0.5, 0.6) is 23.0 Å². The summed E-state index contributed by atoms with van der Waals surface area (Å²) in [5.74, 6) is -0.201. The number of rotatable bonds is 7. The number of halogens is 1. The van der Waals surface area contributed by atoms with Gasteiger partial charge in [0.2, 0.25) is 5.91 Å². The van der Waals surface area contributed by atoms with Gasteiger partial charge in [0.15, 0.2) is 11.5 Å². The molecular formula is C31H27FN2O5. The number of nitrogens with one attached hydrogen (secondary N) is 1. The summed E-state index contributed by atoms with van der Waals surface area (Å²) in [7, 11) is 4.51. The molecule has 2 amide bonds. The van der Waals surface area contributed by atoms with Crippen molar-refractivity contribution in [2.45, 2.75) is 12.0 Å². The van der Waals surface area contributed by atoms with Crippen LogP contribution >= 0.6 is 0 Å². The van der Waals surface area contributed by atoms with E-state index < -0.39 is 23.7 Å². The molecule has 5 rings (SSSR count). The normalized spacial score (nSPS) is 16.3. The first-order valence-corrected chi connectivity index (χ1v) is 12.3. The van der Waals surface area contributed by atoms with E-state index in [-0.39, 0.29) is 17.0 Å². The second-order valence-corrected chi connectivity index (χ2v) is 9.08. The fourth-order valence-electron chi connectivity index (χ4n) is 4.89. The molecule has 4 aromatic rings. The monoisotopic (exact) mass is 526 g/mol. The van der Waals surface area contributed by atoms with E-state index in [1.807, 2.05) is 30.3 Å². The quantitative estimate of drug-likeness (QED) is 0.311. The van der Waals surface area contributed by atoms with Crippen LogP contribution < -0.4 is 19.5 Å². The largest absolute Gasteiger partial charge is 0.493 e. The number of likely N-dealkylation sites (N-methyl/N-ethyl adjacent to an activating group) is 1. The number of carbonyl (C=O) groups is 2. The van der Waals surface area contributed by atoms with Crippen molar-refractivity contribution in [3.8, 4) is 23.0 Å². The van der Waals surface area contributed by atoms with Crippen LogP contribution in [-0.2, 0) is 4.79 Å². The van der Waals surface area contributed by atoms with Crippen LogP contribution in [0.1, 0.15) is 33.4 Å². The summed E-state index contributed by atoms with van der Waals surface area (Å²) in [4.78, 5) is 28.8. The van der Waals surface area contributed by atoms with Gasteiger partial charge in [-0.3, -0.25) is 9.59 Å². The number of methoxy groups -OCH3 is 2. The molecule has 0 saturated heterocycles. The van der Waals surface area contributed by atoms with E-state index in [0.29, 0.717) is 34.2 Å². The molecule has 2 atom stereocenters. The van der Waals surface area contributed by atoms with Gasteiger partial charge < -0.3 is 24.4 Å². The van der Waals surface area contributed by atoms with Crippen molar-refractivity contribution < 1.29 is 28.2 Å². The zero-order chi connectivity index (χ0) is 27.5. The Labute approximate surface area is 225 Å². The molecule has 0 radical (unpaired) electrons. The molecule has 0 saturated carbocycles. The topological polar surface area (TPSA) is 77.1 Å². The number of para-hydroxylation sites is 1. The highest BCUT2D eigenvalue weighted by Gasteiger charge is 2.44. The molecule has 4 aromatic carbocycles. The first-order valence-electron chi connectivity index (χ1n) is 12.3. The summed E-state index contributed by atoms with van der Waals surface area (Å²) in [5.41, 5.74) is 1.47. The van der Waals surface area contributed by atoms with Crippen molar-refractivity contribution in [1.82, 2.24) is 4.90 Å². The van der Waals surface area contributed by atoms with Crippen molar-refractivity contribution in [3.05, 3.63) is 114 Å². The maximum atomic E-state index is 15.1. The lowest BCUT2D eigenvalue weighted by molar-refractivity contribution is -0.119. The van der Waals surface area contributed by atoms with Crippen LogP contribution in [0.3, 0.4) is 0 Å².